The maximum atomic E-state index is 11.5. The van der Waals surface area contributed by atoms with Crippen LogP contribution in [0.4, 0.5) is 5.82 Å². The number of aromatic nitrogens is 2. The summed E-state index contributed by atoms with van der Waals surface area (Å²) in [6.45, 7) is 8.67. The van der Waals surface area contributed by atoms with E-state index >= 15 is 0 Å². The number of benzene rings is 2. The van der Waals surface area contributed by atoms with Crippen molar-refractivity contribution in [1.82, 2.24) is 9.97 Å². The van der Waals surface area contributed by atoms with Crippen LogP contribution in [0.2, 0.25) is 0 Å². The first-order valence-electron chi connectivity index (χ1n) is 14.9. The summed E-state index contributed by atoms with van der Waals surface area (Å²) >= 11 is 1.64. The van der Waals surface area contributed by atoms with E-state index in [2.05, 4.69) is 23.3 Å². The maximum Gasteiger partial charge on any atom is 0.162 e. The molecule has 2 aromatic heterocycles. The Kier molecular flexibility index (Phi) is 14.0. The molecule has 0 aliphatic rings. The van der Waals surface area contributed by atoms with Gasteiger partial charge in [-0.15, -0.1) is 11.3 Å². The first-order chi connectivity index (χ1) is 22.0. The molecule has 2 heterocycles. The van der Waals surface area contributed by atoms with Crippen molar-refractivity contribution in [3.8, 4) is 21.9 Å². The molecule has 242 valence electrons. The van der Waals surface area contributed by atoms with E-state index < -0.39 is 0 Å². The lowest BCUT2D eigenvalue weighted by molar-refractivity contribution is -0.00392. The number of nitrogens with zero attached hydrogens (tertiary/aromatic N) is 2. The Bertz CT molecular complexity index is 1500. The van der Waals surface area contributed by atoms with Gasteiger partial charge >= 0.3 is 0 Å². The van der Waals surface area contributed by atoms with E-state index in [1.165, 1.54) is 0 Å². The molecule has 12 heteroatoms. The lowest BCUT2D eigenvalue weighted by Crippen LogP contribution is -2.15. The van der Waals surface area contributed by atoms with Crippen LogP contribution in [0, 0.1) is 6.92 Å². The number of carbonyl (C=O) groups excluding carboxylic acids is 1. The summed E-state index contributed by atoms with van der Waals surface area (Å²) in [5, 5.41) is 4.37. The van der Waals surface area contributed by atoms with Gasteiger partial charge in [0, 0.05) is 38.9 Å². The van der Waals surface area contributed by atoms with E-state index in [9.17, 15) is 4.79 Å². The number of nitrogens with one attached hydrogen (secondary N) is 1. The fourth-order valence-electron chi connectivity index (χ4n) is 4.52. The lowest BCUT2D eigenvalue weighted by Gasteiger charge is -2.17. The number of hydrogen-bond acceptors (Lipinski definition) is 12. The minimum atomic E-state index is -0.0476. The van der Waals surface area contributed by atoms with Crippen molar-refractivity contribution in [2.24, 2.45) is 5.73 Å². The van der Waals surface area contributed by atoms with Gasteiger partial charge in [0.1, 0.15) is 18.2 Å². The molecule has 3 N–H and O–H groups in total. The van der Waals surface area contributed by atoms with Gasteiger partial charge in [0.15, 0.2) is 17.8 Å². The minimum absolute atomic E-state index is 0.0476. The Morgan fingerprint density at radius 3 is 2.20 bits per heavy atom. The van der Waals surface area contributed by atoms with Crippen LogP contribution in [-0.2, 0) is 18.9 Å². The highest BCUT2D eigenvalue weighted by Crippen LogP contribution is 2.37. The number of aldehydes is 1. The van der Waals surface area contributed by atoms with Gasteiger partial charge in [-0.05, 0) is 32.0 Å². The number of ether oxygens (including phenoxy) is 6. The largest absolute Gasteiger partial charge is 0.493 e. The molecule has 2 aromatic carbocycles. The number of methoxy groups -OCH3 is 1. The molecule has 0 amide bonds. The summed E-state index contributed by atoms with van der Waals surface area (Å²) in [5.74, 6) is 2.48. The second-order valence-electron chi connectivity index (χ2n) is 10.00. The van der Waals surface area contributed by atoms with Gasteiger partial charge in [0.2, 0.25) is 0 Å². The van der Waals surface area contributed by atoms with E-state index in [4.69, 9.17) is 39.1 Å². The molecule has 1 atom stereocenters. The van der Waals surface area contributed by atoms with Crippen LogP contribution in [0.1, 0.15) is 34.0 Å². The quantitative estimate of drug-likeness (QED) is 0.0936. The fraction of sp³-hybridized carbons (Fsp3) is 0.424. The molecule has 0 saturated carbocycles. The Labute approximate surface area is 268 Å². The molecule has 0 bridgehead atoms. The molecule has 45 heavy (non-hydrogen) atoms. The zero-order chi connectivity index (χ0) is 31.9. The summed E-state index contributed by atoms with van der Waals surface area (Å²) in [6.07, 6.45) is 0.892. The second-order valence-corrected chi connectivity index (χ2v) is 11.1. The summed E-state index contributed by atoms with van der Waals surface area (Å²) in [7, 11) is 1.60. The number of fused-ring (bicyclic) bond motifs is 1. The van der Waals surface area contributed by atoms with Crippen LogP contribution in [0.15, 0.2) is 48.5 Å². The van der Waals surface area contributed by atoms with Gasteiger partial charge in [-0.2, -0.15) is 0 Å². The van der Waals surface area contributed by atoms with Gasteiger partial charge in [-0.25, -0.2) is 9.97 Å². The third-order valence-corrected chi connectivity index (χ3v) is 8.02. The SMILES string of the molecule is COc1cc2nc(C)nc(N[C@H](C)c3ccc(-c4ccccc4C=O)s3)c2cc1OCCOCCOCCOCCOCCN. The molecule has 4 rings (SSSR count). The first-order valence-corrected chi connectivity index (χ1v) is 15.8. The highest BCUT2D eigenvalue weighted by Gasteiger charge is 2.17. The van der Waals surface area contributed by atoms with Crippen molar-refractivity contribution < 1.29 is 33.2 Å². The Balaban J connectivity index is 1.31. The number of carbonyl (C=O) groups is 1. The van der Waals surface area contributed by atoms with E-state index in [-0.39, 0.29) is 6.04 Å². The summed E-state index contributed by atoms with van der Waals surface area (Å²) in [6, 6.07) is 15.4. The number of nitrogens with two attached hydrogens (primary N) is 1. The molecule has 0 unspecified atom stereocenters. The first kappa shape index (κ1) is 34.2. The number of aryl methyl sites for hydroxylation is 1. The van der Waals surface area contributed by atoms with Crippen molar-refractivity contribution in [3.05, 3.63) is 64.8 Å². The second kappa shape index (κ2) is 18.4. The topological polar surface area (TPSA) is 136 Å². The molecule has 0 saturated heterocycles. The molecule has 0 fully saturated rings. The van der Waals surface area contributed by atoms with Crippen LogP contribution in [0.25, 0.3) is 21.3 Å². The summed E-state index contributed by atoms with van der Waals surface area (Å²) in [4.78, 5) is 23.0. The lowest BCUT2D eigenvalue weighted by atomic mass is 10.1. The number of anilines is 1. The fourth-order valence-corrected chi connectivity index (χ4v) is 5.58. The molecule has 0 aliphatic carbocycles. The third-order valence-electron chi connectivity index (χ3n) is 6.72. The smallest absolute Gasteiger partial charge is 0.162 e. The summed E-state index contributed by atoms with van der Waals surface area (Å²) < 4.78 is 33.5. The van der Waals surface area contributed by atoms with Gasteiger partial charge in [0.25, 0.3) is 0 Å². The van der Waals surface area contributed by atoms with Crippen LogP contribution in [-0.4, -0.2) is 89.4 Å². The van der Waals surface area contributed by atoms with Crippen LogP contribution in [0.5, 0.6) is 11.5 Å². The summed E-state index contributed by atoms with van der Waals surface area (Å²) in [5.41, 5.74) is 7.71. The van der Waals surface area contributed by atoms with Crippen molar-refractivity contribution in [3.63, 3.8) is 0 Å². The van der Waals surface area contributed by atoms with E-state index in [1.54, 1.807) is 18.4 Å². The zero-order valence-electron chi connectivity index (χ0n) is 26.1. The van der Waals surface area contributed by atoms with Crippen LogP contribution < -0.4 is 20.5 Å². The molecule has 0 spiro atoms. The number of thiophene rings is 1. The van der Waals surface area contributed by atoms with E-state index in [0.717, 1.165) is 32.5 Å². The van der Waals surface area contributed by atoms with E-state index in [0.29, 0.717) is 94.7 Å². The number of rotatable bonds is 21. The zero-order valence-corrected chi connectivity index (χ0v) is 26.9. The molecular weight excluding hydrogens is 596 g/mol. The maximum absolute atomic E-state index is 11.5. The van der Waals surface area contributed by atoms with Gasteiger partial charge < -0.3 is 39.5 Å². The molecular formula is C33H42N4O7S. The Morgan fingerprint density at radius 1 is 0.867 bits per heavy atom. The average Bonchev–Trinajstić information content (AvgIpc) is 3.55. The van der Waals surface area contributed by atoms with Gasteiger partial charge in [0.05, 0.1) is 71.5 Å². The Morgan fingerprint density at radius 2 is 1.53 bits per heavy atom. The highest BCUT2D eigenvalue weighted by atomic mass is 32.1. The highest BCUT2D eigenvalue weighted by molar-refractivity contribution is 7.15. The molecule has 4 aromatic rings. The predicted molar refractivity (Wildman–Crippen MR) is 176 cm³/mol. The Hall–Kier alpha value is -3.65. The van der Waals surface area contributed by atoms with E-state index in [1.807, 2.05) is 49.4 Å². The van der Waals surface area contributed by atoms with Crippen molar-refractivity contribution in [2.45, 2.75) is 19.9 Å². The third kappa shape index (κ3) is 10.2. The van der Waals surface area contributed by atoms with Crippen molar-refractivity contribution in [2.75, 3.05) is 78.4 Å². The molecule has 0 aliphatic heterocycles. The molecule has 11 nitrogen and oxygen atoms in total. The number of hydrogen-bond donors (Lipinski definition) is 2. The normalized spacial score (nSPS) is 11.9. The standard InChI is InChI=1S/C33H42N4O7S/c1-23(31-8-9-32(45-31)26-7-5-4-6-25(26)22-38)35-33-27-20-30(29(39-3)21-28(27)36-24(2)37-33)44-19-18-43-17-16-42-15-14-41-13-12-40-11-10-34/h4-9,20-23H,10-19,34H2,1-3H3,(H,35,36,37)/t23-/m1/s1. The van der Waals surface area contributed by atoms with Crippen molar-refractivity contribution >= 4 is 34.3 Å². The van der Waals surface area contributed by atoms with Crippen molar-refractivity contribution in [1.29, 1.82) is 0 Å². The molecule has 0 radical (unpaired) electrons. The monoisotopic (exact) mass is 638 g/mol. The van der Waals surface area contributed by atoms with Gasteiger partial charge in [-0.3, -0.25) is 4.79 Å². The minimum Gasteiger partial charge on any atom is -0.493 e. The predicted octanol–water partition coefficient (Wildman–Crippen LogP) is 5.06. The average molecular weight is 639 g/mol. The van der Waals surface area contributed by atoms with Crippen LogP contribution in [0.3, 0.4) is 0 Å². The van der Waals surface area contributed by atoms with Crippen LogP contribution >= 0.6 is 11.3 Å². The van der Waals surface area contributed by atoms with Gasteiger partial charge in [-0.1, -0.05) is 24.3 Å².